The third-order valence-corrected chi connectivity index (χ3v) is 1.70. The number of hydrogen-bond donors (Lipinski definition) is 1. The summed E-state index contributed by atoms with van der Waals surface area (Å²) >= 11 is 0. The third kappa shape index (κ3) is 12.6. The lowest BCUT2D eigenvalue weighted by molar-refractivity contribution is -0.147. The maximum absolute atomic E-state index is 10.9. The van der Waals surface area contributed by atoms with Gasteiger partial charge >= 0.3 is 5.97 Å². The summed E-state index contributed by atoms with van der Waals surface area (Å²) in [6, 6.07) is 0. The van der Waals surface area contributed by atoms with Crippen molar-refractivity contribution in [3.63, 3.8) is 0 Å². The zero-order valence-electron chi connectivity index (χ0n) is 11.5. The van der Waals surface area contributed by atoms with Crippen LogP contribution in [0, 0.1) is 0 Å². The molecule has 0 saturated heterocycles. The fraction of sp³-hybridized carbons (Fsp3) is 0.500. The van der Waals surface area contributed by atoms with Gasteiger partial charge in [0.15, 0.2) is 0 Å². The van der Waals surface area contributed by atoms with Gasteiger partial charge in [-0.3, -0.25) is 0 Å². The molecule has 0 atom stereocenters. The van der Waals surface area contributed by atoms with Crippen molar-refractivity contribution in [1.82, 2.24) is 0 Å². The van der Waals surface area contributed by atoms with Crippen LogP contribution in [0.5, 0.6) is 0 Å². The Hall–Kier alpha value is -1.35. The third-order valence-electron chi connectivity index (χ3n) is 1.70. The lowest BCUT2D eigenvalue weighted by Crippen LogP contribution is -2.25. The van der Waals surface area contributed by atoms with Gasteiger partial charge < -0.3 is 9.84 Å². The van der Waals surface area contributed by atoms with Crippen LogP contribution in [0.4, 0.5) is 0 Å². The normalized spacial score (nSPS) is 10.7. The number of carbonyl (C=O) groups is 1. The molecule has 0 rings (SSSR count). The molecule has 17 heavy (non-hydrogen) atoms. The molecule has 0 saturated carbocycles. The van der Waals surface area contributed by atoms with Crippen LogP contribution in [0.2, 0.25) is 0 Å². The first-order valence-corrected chi connectivity index (χ1v) is 5.33. The van der Waals surface area contributed by atoms with E-state index in [1.165, 1.54) is 6.08 Å². The molecule has 0 aromatic heterocycles. The number of carbonyl (C=O) groups excluding carboxylic acids is 1. The smallest absolute Gasteiger partial charge is 0.333 e. The molecule has 0 aliphatic rings. The van der Waals surface area contributed by atoms with Gasteiger partial charge in [-0.15, -0.1) is 6.58 Å². The molecular formula is C14H24O3. The zero-order chi connectivity index (χ0) is 14.3. The van der Waals surface area contributed by atoms with E-state index < -0.39 is 11.2 Å². The Morgan fingerprint density at radius 1 is 1.18 bits per heavy atom. The highest BCUT2D eigenvalue weighted by atomic mass is 16.6. The number of rotatable bonds is 4. The van der Waals surface area contributed by atoms with Gasteiger partial charge in [0.05, 0.1) is 5.60 Å². The van der Waals surface area contributed by atoms with Crippen molar-refractivity contribution in [2.45, 2.75) is 45.8 Å². The largest absolute Gasteiger partial charge is 0.452 e. The number of aliphatic hydroxyl groups is 1. The number of ether oxygens (including phenoxy) is 1. The van der Waals surface area contributed by atoms with Gasteiger partial charge in [0.2, 0.25) is 0 Å². The summed E-state index contributed by atoms with van der Waals surface area (Å²) in [5.41, 5.74) is -0.893. The molecule has 0 heterocycles. The maximum atomic E-state index is 10.9. The topological polar surface area (TPSA) is 46.5 Å². The molecule has 0 unspecified atom stereocenters. The summed E-state index contributed by atoms with van der Waals surface area (Å²) in [4.78, 5) is 10.9. The summed E-state index contributed by atoms with van der Waals surface area (Å²) in [7, 11) is 0. The van der Waals surface area contributed by atoms with Crippen molar-refractivity contribution in [3.8, 4) is 0 Å². The van der Waals surface area contributed by atoms with Crippen molar-refractivity contribution in [3.05, 3.63) is 37.5 Å². The molecule has 3 nitrogen and oxygen atoms in total. The first-order valence-electron chi connectivity index (χ1n) is 5.33. The lowest BCUT2D eigenvalue weighted by atomic mass is 10.1. The van der Waals surface area contributed by atoms with Gasteiger partial charge in [0.25, 0.3) is 0 Å². The van der Waals surface area contributed by atoms with Crippen LogP contribution < -0.4 is 0 Å². The van der Waals surface area contributed by atoms with Crippen LogP contribution in [-0.2, 0) is 9.53 Å². The van der Waals surface area contributed by atoms with Crippen LogP contribution in [0.3, 0.4) is 0 Å². The van der Waals surface area contributed by atoms with Crippen molar-refractivity contribution < 1.29 is 14.6 Å². The summed E-state index contributed by atoms with van der Waals surface area (Å²) in [5, 5.41) is 8.71. The van der Waals surface area contributed by atoms with E-state index in [1.54, 1.807) is 40.7 Å². The highest BCUT2D eigenvalue weighted by molar-refractivity contribution is 5.87. The summed E-state index contributed by atoms with van der Waals surface area (Å²) in [6.45, 7) is 18.9. The Kier molecular flexibility index (Phi) is 7.50. The minimum Gasteiger partial charge on any atom is -0.452 e. The average molecular weight is 240 g/mol. The fourth-order valence-corrected chi connectivity index (χ4v) is 0.368. The Morgan fingerprint density at radius 2 is 1.53 bits per heavy atom. The van der Waals surface area contributed by atoms with Crippen molar-refractivity contribution >= 4 is 5.97 Å². The highest BCUT2D eigenvalue weighted by Gasteiger charge is 2.18. The van der Waals surface area contributed by atoms with E-state index in [-0.39, 0.29) is 5.97 Å². The Morgan fingerprint density at radius 3 is 1.71 bits per heavy atom. The number of hydrogen-bond acceptors (Lipinski definition) is 3. The maximum Gasteiger partial charge on any atom is 0.333 e. The molecular weight excluding hydrogens is 216 g/mol. The van der Waals surface area contributed by atoms with Gasteiger partial charge in [-0.05, 0) is 40.7 Å². The van der Waals surface area contributed by atoms with Crippen molar-refractivity contribution in [2.24, 2.45) is 0 Å². The fourth-order valence-electron chi connectivity index (χ4n) is 0.368. The predicted octanol–water partition coefficient (Wildman–Crippen LogP) is 3.01. The molecule has 98 valence electrons. The van der Waals surface area contributed by atoms with Crippen molar-refractivity contribution in [1.29, 1.82) is 0 Å². The van der Waals surface area contributed by atoms with E-state index in [9.17, 15) is 4.79 Å². The molecule has 1 N–H and O–H groups in total. The molecule has 0 aliphatic heterocycles. The van der Waals surface area contributed by atoms with Gasteiger partial charge in [-0.1, -0.05) is 19.2 Å². The van der Waals surface area contributed by atoms with Gasteiger partial charge in [-0.2, -0.15) is 0 Å². The highest BCUT2D eigenvalue weighted by Crippen LogP contribution is 2.11. The standard InChI is InChI=1S/C9H14O2.C5H10O/c1-6-9(4,5)11-8(10)7(2)3;1-4-5(2,3)6/h6H,1-2H2,3-5H3;4,6H,1H2,2-3H3. The summed E-state index contributed by atoms with van der Waals surface area (Å²) < 4.78 is 4.99. The first-order chi connectivity index (χ1) is 7.45. The molecule has 0 aromatic carbocycles. The van der Waals surface area contributed by atoms with Crippen molar-refractivity contribution in [2.75, 3.05) is 0 Å². The molecule has 0 amide bonds. The monoisotopic (exact) mass is 240 g/mol. The van der Waals surface area contributed by atoms with E-state index in [4.69, 9.17) is 9.84 Å². The summed E-state index contributed by atoms with van der Waals surface area (Å²) in [5.74, 6) is -0.380. The van der Waals surface area contributed by atoms with E-state index in [0.29, 0.717) is 5.57 Å². The van der Waals surface area contributed by atoms with Crippen LogP contribution in [0.1, 0.15) is 34.6 Å². The average Bonchev–Trinajstić information content (AvgIpc) is 2.17. The lowest BCUT2D eigenvalue weighted by Gasteiger charge is -2.20. The Balaban J connectivity index is 0. The van der Waals surface area contributed by atoms with Gasteiger partial charge in [0.1, 0.15) is 5.60 Å². The second-order valence-electron chi connectivity index (χ2n) is 4.84. The molecule has 0 spiro atoms. The van der Waals surface area contributed by atoms with Crippen LogP contribution in [-0.4, -0.2) is 22.3 Å². The molecule has 0 fully saturated rings. The minimum atomic E-state index is -0.694. The van der Waals surface area contributed by atoms with E-state index >= 15 is 0 Å². The SMILES string of the molecule is C=CC(C)(C)O.C=CC(C)(C)OC(=O)C(=C)C. The second-order valence-corrected chi connectivity index (χ2v) is 4.84. The molecule has 3 heteroatoms. The Bertz CT molecular complexity index is 293. The quantitative estimate of drug-likeness (QED) is 0.467. The second kappa shape index (κ2) is 7.07. The van der Waals surface area contributed by atoms with Gasteiger partial charge in [0, 0.05) is 5.57 Å². The van der Waals surface area contributed by atoms with E-state index in [0.717, 1.165) is 0 Å². The minimum absolute atomic E-state index is 0.380. The molecule has 0 bridgehead atoms. The number of esters is 1. The molecule has 0 aromatic rings. The predicted molar refractivity (Wildman–Crippen MR) is 71.7 cm³/mol. The van der Waals surface area contributed by atoms with Crippen LogP contribution in [0.15, 0.2) is 37.5 Å². The molecule has 0 radical (unpaired) electrons. The zero-order valence-corrected chi connectivity index (χ0v) is 11.5. The van der Waals surface area contributed by atoms with Crippen LogP contribution >= 0.6 is 0 Å². The first kappa shape index (κ1) is 18.0. The summed E-state index contributed by atoms with van der Waals surface area (Å²) in [6.07, 6.45) is 3.07. The van der Waals surface area contributed by atoms with Gasteiger partial charge in [-0.25, -0.2) is 4.79 Å². The van der Waals surface area contributed by atoms with Crippen LogP contribution in [0.25, 0.3) is 0 Å². The Labute approximate surface area is 104 Å². The molecule has 0 aliphatic carbocycles. The van der Waals surface area contributed by atoms with E-state index in [1.807, 2.05) is 0 Å². The van der Waals surface area contributed by atoms with E-state index in [2.05, 4.69) is 19.7 Å².